The smallest absolute Gasteiger partial charge is 0.306 e. The number of carbonyl (C=O) groups is 3. The molecule has 0 aromatic rings. The first-order chi connectivity index (χ1) is 9.48. The van der Waals surface area contributed by atoms with Gasteiger partial charge in [-0.3, -0.25) is 14.4 Å². The van der Waals surface area contributed by atoms with Gasteiger partial charge in [-0.1, -0.05) is 20.8 Å². The lowest BCUT2D eigenvalue weighted by molar-refractivity contribution is -0.178. The van der Waals surface area contributed by atoms with Crippen LogP contribution < -0.4 is 0 Å². The molecule has 0 aromatic carbocycles. The van der Waals surface area contributed by atoms with Crippen molar-refractivity contribution in [2.75, 3.05) is 13.2 Å². The maximum Gasteiger partial charge on any atom is 0.306 e. The second-order valence-electron chi connectivity index (χ2n) is 3.98. The summed E-state index contributed by atoms with van der Waals surface area (Å²) in [6.07, 6.45) is -1.65. The summed E-state index contributed by atoms with van der Waals surface area (Å²) in [6.45, 7) is 4.03. The van der Waals surface area contributed by atoms with Gasteiger partial charge in [0.2, 0.25) is 0 Å². The van der Waals surface area contributed by atoms with Crippen molar-refractivity contribution in [2.45, 2.75) is 52.2 Å². The molecule has 0 aliphatic heterocycles. The molecule has 0 saturated heterocycles. The summed E-state index contributed by atoms with van der Waals surface area (Å²) in [5, 5.41) is 9.24. The molecule has 0 aromatic heterocycles. The third kappa shape index (κ3) is 7.08. The van der Waals surface area contributed by atoms with Crippen molar-refractivity contribution >= 4 is 17.9 Å². The summed E-state index contributed by atoms with van der Waals surface area (Å²) < 4.78 is 14.9. The second kappa shape index (κ2) is 10.2. The van der Waals surface area contributed by atoms with Crippen LogP contribution in [-0.4, -0.2) is 48.4 Å². The van der Waals surface area contributed by atoms with Gasteiger partial charge in [0.05, 0.1) is 6.61 Å². The monoisotopic (exact) mass is 290 g/mol. The number of aliphatic hydroxyl groups is 1. The van der Waals surface area contributed by atoms with E-state index < -0.39 is 36.7 Å². The van der Waals surface area contributed by atoms with Crippen molar-refractivity contribution in [3.05, 3.63) is 0 Å². The van der Waals surface area contributed by atoms with Crippen LogP contribution in [0.4, 0.5) is 0 Å². The summed E-state index contributed by atoms with van der Waals surface area (Å²) in [5.41, 5.74) is 0. The first kappa shape index (κ1) is 18.4. The molecule has 7 nitrogen and oxygen atoms in total. The normalized spacial score (nSPS) is 13.2. The first-order valence-electron chi connectivity index (χ1n) is 6.63. The molecular formula is C13H22O7. The second-order valence-corrected chi connectivity index (χ2v) is 3.98. The van der Waals surface area contributed by atoms with Crippen LogP contribution in [0.1, 0.15) is 40.0 Å². The van der Waals surface area contributed by atoms with Crippen LogP contribution >= 0.6 is 0 Å². The van der Waals surface area contributed by atoms with E-state index in [0.717, 1.165) is 0 Å². The summed E-state index contributed by atoms with van der Waals surface area (Å²) in [4.78, 5) is 33.7. The van der Waals surface area contributed by atoms with Crippen LogP contribution in [0.5, 0.6) is 0 Å². The van der Waals surface area contributed by atoms with Crippen LogP contribution in [0.3, 0.4) is 0 Å². The van der Waals surface area contributed by atoms with Crippen molar-refractivity contribution in [1.29, 1.82) is 0 Å². The molecule has 0 saturated carbocycles. The number of ether oxygens (including phenoxy) is 3. The van der Waals surface area contributed by atoms with E-state index in [2.05, 4.69) is 0 Å². The zero-order valence-electron chi connectivity index (χ0n) is 12.1. The number of rotatable bonds is 9. The van der Waals surface area contributed by atoms with E-state index >= 15 is 0 Å². The molecule has 1 N–H and O–H groups in total. The summed E-state index contributed by atoms with van der Waals surface area (Å²) in [5.74, 6) is -1.54. The topological polar surface area (TPSA) is 99.1 Å². The number of aliphatic hydroxyl groups excluding tert-OH is 1. The molecular weight excluding hydrogens is 268 g/mol. The Morgan fingerprint density at radius 3 is 1.70 bits per heavy atom. The maximum absolute atomic E-state index is 11.3. The highest BCUT2D eigenvalue weighted by atomic mass is 16.6. The van der Waals surface area contributed by atoms with Crippen molar-refractivity contribution < 1.29 is 33.7 Å². The largest absolute Gasteiger partial charge is 0.462 e. The highest BCUT2D eigenvalue weighted by Gasteiger charge is 2.29. The first-order valence-corrected chi connectivity index (χ1v) is 6.63. The van der Waals surface area contributed by atoms with Gasteiger partial charge in [0.1, 0.15) is 6.61 Å². The third-order valence-corrected chi connectivity index (χ3v) is 2.43. The minimum Gasteiger partial charge on any atom is -0.462 e. The van der Waals surface area contributed by atoms with E-state index in [4.69, 9.17) is 14.2 Å². The van der Waals surface area contributed by atoms with E-state index in [9.17, 15) is 19.5 Å². The maximum atomic E-state index is 11.3. The highest BCUT2D eigenvalue weighted by molar-refractivity contribution is 5.70. The predicted molar refractivity (Wildman–Crippen MR) is 68.7 cm³/mol. The van der Waals surface area contributed by atoms with Crippen molar-refractivity contribution in [3.8, 4) is 0 Å². The Labute approximate surface area is 118 Å². The van der Waals surface area contributed by atoms with Gasteiger partial charge in [-0.05, 0) is 0 Å². The Balaban J connectivity index is 4.71. The highest BCUT2D eigenvalue weighted by Crippen LogP contribution is 2.09. The van der Waals surface area contributed by atoms with Crippen LogP contribution in [0.2, 0.25) is 0 Å². The summed E-state index contributed by atoms with van der Waals surface area (Å²) >= 11 is 0. The van der Waals surface area contributed by atoms with Gasteiger partial charge in [-0.25, -0.2) is 0 Å². The predicted octanol–water partition coefficient (Wildman–Crippen LogP) is 0.575. The number of hydrogen-bond acceptors (Lipinski definition) is 7. The van der Waals surface area contributed by atoms with Crippen LogP contribution in [0.15, 0.2) is 0 Å². The molecule has 0 fully saturated rings. The van der Waals surface area contributed by atoms with E-state index in [1.54, 1.807) is 20.8 Å². The lowest BCUT2D eigenvalue weighted by Gasteiger charge is -2.25. The summed E-state index contributed by atoms with van der Waals surface area (Å²) in [6, 6.07) is 0. The Morgan fingerprint density at radius 1 is 0.850 bits per heavy atom. The fourth-order valence-electron chi connectivity index (χ4n) is 1.23. The van der Waals surface area contributed by atoms with Gasteiger partial charge < -0.3 is 19.3 Å². The molecule has 0 rings (SSSR count). The molecule has 2 unspecified atom stereocenters. The Hall–Kier alpha value is -1.63. The average molecular weight is 290 g/mol. The quantitative estimate of drug-likeness (QED) is 0.489. The van der Waals surface area contributed by atoms with Gasteiger partial charge in [0.15, 0.2) is 12.2 Å². The molecule has 116 valence electrons. The van der Waals surface area contributed by atoms with Gasteiger partial charge in [0, 0.05) is 19.3 Å². The molecule has 0 heterocycles. The standard InChI is InChI=1S/C13H22O7/c1-4-11(15)18-8-10(20-13(17)6-3)9(7-14)19-12(16)5-2/h9-10,14H,4-8H2,1-3H3. The van der Waals surface area contributed by atoms with Gasteiger partial charge in [0.25, 0.3) is 0 Å². The molecule has 0 radical (unpaired) electrons. The van der Waals surface area contributed by atoms with Gasteiger partial charge >= 0.3 is 17.9 Å². The van der Waals surface area contributed by atoms with Gasteiger partial charge in [-0.2, -0.15) is 0 Å². The van der Waals surface area contributed by atoms with Crippen LogP contribution in [0, 0.1) is 0 Å². The zero-order chi connectivity index (χ0) is 15.5. The Kier molecular flexibility index (Phi) is 9.36. The minimum absolute atomic E-state index is 0.123. The molecule has 20 heavy (non-hydrogen) atoms. The van der Waals surface area contributed by atoms with Crippen molar-refractivity contribution in [1.82, 2.24) is 0 Å². The number of carbonyl (C=O) groups excluding carboxylic acids is 3. The average Bonchev–Trinajstić information content (AvgIpc) is 2.47. The number of esters is 3. The number of hydrogen-bond donors (Lipinski definition) is 1. The Bertz CT molecular complexity index is 327. The van der Waals surface area contributed by atoms with E-state index in [1.165, 1.54) is 0 Å². The molecule has 2 atom stereocenters. The minimum atomic E-state index is -1.05. The third-order valence-electron chi connectivity index (χ3n) is 2.43. The van der Waals surface area contributed by atoms with Crippen molar-refractivity contribution in [3.63, 3.8) is 0 Å². The Morgan fingerprint density at radius 2 is 1.30 bits per heavy atom. The fraction of sp³-hybridized carbons (Fsp3) is 0.769. The molecule has 0 spiro atoms. The molecule has 0 bridgehead atoms. The molecule has 0 amide bonds. The lowest BCUT2D eigenvalue weighted by atomic mass is 10.2. The lowest BCUT2D eigenvalue weighted by Crippen LogP contribution is -2.41. The van der Waals surface area contributed by atoms with E-state index in [-0.39, 0.29) is 25.9 Å². The molecule has 0 aliphatic rings. The van der Waals surface area contributed by atoms with Gasteiger partial charge in [-0.15, -0.1) is 0 Å². The van der Waals surface area contributed by atoms with E-state index in [1.807, 2.05) is 0 Å². The van der Waals surface area contributed by atoms with Crippen LogP contribution in [-0.2, 0) is 28.6 Å². The fourth-order valence-corrected chi connectivity index (χ4v) is 1.23. The SMILES string of the molecule is CCC(=O)OCC(OC(=O)CC)C(CO)OC(=O)CC. The van der Waals surface area contributed by atoms with E-state index in [0.29, 0.717) is 0 Å². The molecule has 0 aliphatic carbocycles. The van der Waals surface area contributed by atoms with Crippen LogP contribution in [0.25, 0.3) is 0 Å². The zero-order valence-corrected chi connectivity index (χ0v) is 12.1. The molecule has 7 heteroatoms. The van der Waals surface area contributed by atoms with Crippen molar-refractivity contribution in [2.24, 2.45) is 0 Å². The summed E-state index contributed by atoms with van der Waals surface area (Å²) in [7, 11) is 0.